The number of rotatable bonds is 14. The van der Waals surface area contributed by atoms with Gasteiger partial charge in [0.15, 0.2) is 11.5 Å². The van der Waals surface area contributed by atoms with Gasteiger partial charge in [0.1, 0.15) is 18.4 Å². The van der Waals surface area contributed by atoms with Gasteiger partial charge in [-0.1, -0.05) is 43.7 Å². The van der Waals surface area contributed by atoms with Crippen molar-refractivity contribution >= 4 is 27.5 Å². The molecule has 11 heteroatoms. The number of benzene rings is 3. The second-order valence-electron chi connectivity index (χ2n) is 9.33. The number of amides is 2. The molecule has 0 aliphatic heterocycles. The highest BCUT2D eigenvalue weighted by Crippen LogP contribution is 2.34. The highest BCUT2D eigenvalue weighted by atomic mass is 32.2. The lowest BCUT2D eigenvalue weighted by atomic mass is 10.1. The molecule has 0 fully saturated rings. The van der Waals surface area contributed by atoms with E-state index in [1.165, 1.54) is 67.7 Å². The monoisotopic (exact) mass is 585 g/mol. The van der Waals surface area contributed by atoms with Crippen molar-refractivity contribution in [3.8, 4) is 11.5 Å². The van der Waals surface area contributed by atoms with Crippen LogP contribution in [-0.4, -0.2) is 58.5 Å². The quantitative estimate of drug-likeness (QED) is 0.282. The number of ether oxygens (including phenoxy) is 2. The second kappa shape index (κ2) is 14.5. The van der Waals surface area contributed by atoms with Crippen LogP contribution in [-0.2, 0) is 26.2 Å². The van der Waals surface area contributed by atoms with Gasteiger partial charge in [-0.25, -0.2) is 12.8 Å². The Balaban J connectivity index is 2.04. The molecular formula is C30H36FN3O6S. The van der Waals surface area contributed by atoms with Crippen LogP contribution in [0.25, 0.3) is 0 Å². The van der Waals surface area contributed by atoms with Crippen LogP contribution < -0.4 is 19.1 Å². The molecule has 220 valence electrons. The Kier molecular flexibility index (Phi) is 11.1. The molecule has 3 rings (SSSR count). The Morgan fingerprint density at radius 2 is 1.61 bits per heavy atom. The van der Waals surface area contributed by atoms with Crippen LogP contribution in [0.5, 0.6) is 11.5 Å². The molecule has 0 saturated carbocycles. The molecule has 0 saturated heterocycles. The summed E-state index contributed by atoms with van der Waals surface area (Å²) in [5.74, 6) is -0.780. The normalized spacial score (nSPS) is 11.8. The molecule has 0 heterocycles. The topological polar surface area (TPSA) is 105 Å². The summed E-state index contributed by atoms with van der Waals surface area (Å²) in [6.07, 6.45) is 1.65. The lowest BCUT2D eigenvalue weighted by Crippen LogP contribution is -2.51. The molecule has 0 unspecified atom stereocenters. The number of sulfonamides is 1. The van der Waals surface area contributed by atoms with E-state index in [1.54, 1.807) is 31.2 Å². The van der Waals surface area contributed by atoms with Gasteiger partial charge in [0.2, 0.25) is 11.8 Å². The smallest absolute Gasteiger partial charge is 0.264 e. The molecule has 0 bridgehead atoms. The predicted molar refractivity (Wildman–Crippen MR) is 155 cm³/mol. The summed E-state index contributed by atoms with van der Waals surface area (Å²) in [5, 5.41) is 2.83. The van der Waals surface area contributed by atoms with Crippen LogP contribution in [0.1, 0.15) is 32.3 Å². The first-order chi connectivity index (χ1) is 19.6. The molecule has 3 aromatic carbocycles. The highest BCUT2D eigenvalue weighted by Gasteiger charge is 2.33. The third kappa shape index (κ3) is 7.97. The van der Waals surface area contributed by atoms with E-state index in [1.807, 2.05) is 6.92 Å². The largest absolute Gasteiger partial charge is 0.493 e. The van der Waals surface area contributed by atoms with Crippen LogP contribution in [0.2, 0.25) is 0 Å². The molecule has 1 atom stereocenters. The van der Waals surface area contributed by atoms with Gasteiger partial charge in [0.05, 0.1) is 24.8 Å². The van der Waals surface area contributed by atoms with Gasteiger partial charge in [0.25, 0.3) is 10.0 Å². The lowest BCUT2D eigenvalue weighted by Gasteiger charge is -2.32. The third-order valence-corrected chi connectivity index (χ3v) is 8.32. The maximum Gasteiger partial charge on any atom is 0.264 e. The Morgan fingerprint density at radius 1 is 0.951 bits per heavy atom. The summed E-state index contributed by atoms with van der Waals surface area (Å²) in [5.41, 5.74) is 0.748. The lowest BCUT2D eigenvalue weighted by molar-refractivity contribution is -0.139. The number of halogens is 1. The number of methoxy groups -OCH3 is 2. The Labute approximate surface area is 240 Å². The summed E-state index contributed by atoms with van der Waals surface area (Å²) < 4.78 is 53.0. The van der Waals surface area contributed by atoms with Crippen molar-refractivity contribution < 1.29 is 31.9 Å². The van der Waals surface area contributed by atoms with E-state index in [9.17, 15) is 22.4 Å². The fourth-order valence-electron chi connectivity index (χ4n) is 4.13. The summed E-state index contributed by atoms with van der Waals surface area (Å²) in [7, 11) is -1.35. The summed E-state index contributed by atoms with van der Waals surface area (Å²) in [6, 6.07) is 16.9. The zero-order valence-corrected chi connectivity index (χ0v) is 24.5. The molecule has 0 spiro atoms. The number of carbonyl (C=O) groups excluding carboxylic acids is 2. The first kappa shape index (κ1) is 31.4. The average molecular weight is 586 g/mol. The molecule has 0 aliphatic carbocycles. The zero-order chi connectivity index (χ0) is 30.0. The minimum Gasteiger partial charge on any atom is -0.493 e. The molecule has 0 radical (unpaired) electrons. The fraction of sp³-hybridized carbons (Fsp3) is 0.333. The second-order valence-corrected chi connectivity index (χ2v) is 11.2. The molecular weight excluding hydrogens is 549 g/mol. The Bertz CT molecular complexity index is 1420. The SMILES string of the molecule is CCCCNC(=O)[C@@H](C)N(Cc1ccc(F)cc1)C(=O)CN(c1ccc(OC)c(OC)c1)S(=O)(=O)c1ccccc1. The highest BCUT2D eigenvalue weighted by molar-refractivity contribution is 7.92. The van der Waals surface area contributed by atoms with Gasteiger partial charge in [-0.05, 0) is 55.3 Å². The molecule has 0 aromatic heterocycles. The molecule has 2 amide bonds. The van der Waals surface area contributed by atoms with Crippen molar-refractivity contribution in [2.75, 3.05) is 31.6 Å². The maximum atomic E-state index is 13.9. The van der Waals surface area contributed by atoms with E-state index in [-0.39, 0.29) is 28.8 Å². The van der Waals surface area contributed by atoms with Gasteiger partial charge in [-0.15, -0.1) is 0 Å². The van der Waals surface area contributed by atoms with Gasteiger partial charge in [-0.3, -0.25) is 13.9 Å². The van der Waals surface area contributed by atoms with Crippen molar-refractivity contribution in [2.45, 2.75) is 44.2 Å². The number of nitrogens with one attached hydrogen (secondary N) is 1. The number of anilines is 1. The van der Waals surface area contributed by atoms with Gasteiger partial charge >= 0.3 is 0 Å². The Hall–Kier alpha value is -4.12. The molecule has 1 N–H and O–H groups in total. The minimum absolute atomic E-state index is 0.0157. The number of hydrogen-bond donors (Lipinski definition) is 1. The number of hydrogen-bond acceptors (Lipinski definition) is 6. The summed E-state index contributed by atoms with van der Waals surface area (Å²) in [4.78, 5) is 28.2. The van der Waals surface area contributed by atoms with Crippen LogP contribution in [0, 0.1) is 5.82 Å². The van der Waals surface area contributed by atoms with Crippen molar-refractivity contribution in [3.63, 3.8) is 0 Å². The van der Waals surface area contributed by atoms with Crippen molar-refractivity contribution in [1.82, 2.24) is 10.2 Å². The van der Waals surface area contributed by atoms with E-state index in [0.29, 0.717) is 17.9 Å². The minimum atomic E-state index is -4.23. The van der Waals surface area contributed by atoms with Gasteiger partial charge in [0, 0.05) is 19.2 Å². The van der Waals surface area contributed by atoms with Crippen molar-refractivity contribution in [3.05, 3.63) is 84.2 Å². The number of nitrogens with zero attached hydrogens (tertiary/aromatic N) is 2. The average Bonchev–Trinajstić information content (AvgIpc) is 2.99. The Morgan fingerprint density at radius 3 is 2.22 bits per heavy atom. The standard InChI is InChI=1S/C30H36FN3O6S/c1-5-6-18-32-30(36)22(2)33(20-23-12-14-24(31)15-13-23)29(35)21-34(41(37,38)26-10-8-7-9-11-26)25-16-17-27(39-3)28(19-25)40-4/h7-17,19,22H,5-6,18,20-21H2,1-4H3,(H,32,36)/t22-/m1/s1. The maximum absolute atomic E-state index is 13.9. The van der Waals surface area contributed by atoms with E-state index in [4.69, 9.17) is 9.47 Å². The third-order valence-electron chi connectivity index (χ3n) is 6.53. The van der Waals surface area contributed by atoms with Gasteiger partial charge < -0.3 is 19.7 Å². The van der Waals surface area contributed by atoms with Crippen LogP contribution in [0.3, 0.4) is 0 Å². The van der Waals surface area contributed by atoms with Crippen molar-refractivity contribution in [2.24, 2.45) is 0 Å². The number of unbranched alkanes of at least 4 members (excludes halogenated alkanes) is 1. The van der Waals surface area contributed by atoms with Gasteiger partial charge in [-0.2, -0.15) is 0 Å². The van der Waals surface area contributed by atoms with Crippen LogP contribution in [0.4, 0.5) is 10.1 Å². The molecule has 0 aliphatic rings. The molecule has 41 heavy (non-hydrogen) atoms. The first-order valence-electron chi connectivity index (χ1n) is 13.2. The van der Waals surface area contributed by atoms with E-state index >= 15 is 0 Å². The molecule has 9 nitrogen and oxygen atoms in total. The predicted octanol–water partition coefficient (Wildman–Crippen LogP) is 4.37. The fourth-order valence-corrected chi connectivity index (χ4v) is 5.56. The van der Waals surface area contributed by atoms with E-state index in [2.05, 4.69) is 5.32 Å². The summed E-state index contributed by atoms with van der Waals surface area (Å²) >= 11 is 0. The van der Waals surface area contributed by atoms with Crippen LogP contribution >= 0.6 is 0 Å². The van der Waals surface area contributed by atoms with E-state index in [0.717, 1.165) is 17.1 Å². The van der Waals surface area contributed by atoms with Crippen LogP contribution in [0.15, 0.2) is 77.7 Å². The van der Waals surface area contributed by atoms with Crippen molar-refractivity contribution in [1.29, 1.82) is 0 Å². The summed E-state index contributed by atoms with van der Waals surface area (Å²) in [6.45, 7) is 3.37. The van der Waals surface area contributed by atoms with E-state index < -0.39 is 34.3 Å². The molecule has 3 aromatic rings. The zero-order valence-electron chi connectivity index (χ0n) is 23.7. The number of carbonyl (C=O) groups is 2. The first-order valence-corrected chi connectivity index (χ1v) is 14.7.